The van der Waals surface area contributed by atoms with Gasteiger partial charge in [0, 0.05) is 18.7 Å². The van der Waals surface area contributed by atoms with Gasteiger partial charge in [-0.05, 0) is 25.8 Å². The van der Waals surface area contributed by atoms with Crippen LogP contribution < -0.4 is 0 Å². The Balaban J connectivity index is 1.80. The van der Waals surface area contributed by atoms with Crippen molar-refractivity contribution in [3.05, 3.63) is 18.2 Å². The molecule has 2 unspecified atom stereocenters. The van der Waals surface area contributed by atoms with Gasteiger partial charge in [-0.15, -0.1) is 0 Å². The van der Waals surface area contributed by atoms with Gasteiger partial charge in [-0.1, -0.05) is 5.16 Å². The van der Waals surface area contributed by atoms with Crippen molar-refractivity contribution < 1.29 is 9.26 Å². The maximum absolute atomic E-state index is 5.50. The van der Waals surface area contributed by atoms with Crippen molar-refractivity contribution >= 4 is 0 Å². The van der Waals surface area contributed by atoms with E-state index in [2.05, 4.69) is 27.3 Å². The molecule has 6 heteroatoms. The van der Waals surface area contributed by atoms with E-state index in [1.807, 2.05) is 6.07 Å². The van der Waals surface area contributed by atoms with Gasteiger partial charge in [0.25, 0.3) is 0 Å². The van der Waals surface area contributed by atoms with E-state index in [9.17, 15) is 0 Å². The first kappa shape index (κ1) is 10.5. The van der Waals surface area contributed by atoms with Crippen LogP contribution in [0.5, 0.6) is 0 Å². The number of aromatic nitrogens is 4. The molecule has 0 bridgehead atoms. The number of nitrogens with one attached hydrogen (secondary N) is 1. The zero-order valence-electron chi connectivity index (χ0n) is 9.59. The number of aromatic amines is 1. The second-order valence-electron chi connectivity index (χ2n) is 4.33. The molecule has 3 rings (SSSR count). The van der Waals surface area contributed by atoms with Crippen LogP contribution in [0.25, 0.3) is 11.5 Å². The SMILES string of the molecule is CC1CC(c2nc(-c3ccn[nH]3)no2)CCO1. The lowest BCUT2D eigenvalue weighted by atomic mass is 9.96. The van der Waals surface area contributed by atoms with Crippen molar-refractivity contribution in [1.29, 1.82) is 0 Å². The maximum atomic E-state index is 5.50. The first-order valence-electron chi connectivity index (χ1n) is 5.78. The summed E-state index contributed by atoms with van der Waals surface area (Å²) in [7, 11) is 0. The van der Waals surface area contributed by atoms with E-state index in [1.165, 1.54) is 0 Å². The minimum Gasteiger partial charge on any atom is -0.378 e. The molecule has 3 heterocycles. The highest BCUT2D eigenvalue weighted by molar-refractivity contribution is 5.46. The van der Waals surface area contributed by atoms with Gasteiger partial charge in [0.2, 0.25) is 11.7 Å². The summed E-state index contributed by atoms with van der Waals surface area (Å²) >= 11 is 0. The van der Waals surface area contributed by atoms with E-state index < -0.39 is 0 Å². The Morgan fingerprint density at radius 2 is 2.41 bits per heavy atom. The standard InChI is InChI=1S/C11H14N4O2/c1-7-6-8(3-5-16-7)11-13-10(15-17-11)9-2-4-12-14-9/h2,4,7-8H,3,5-6H2,1H3,(H,12,14). The summed E-state index contributed by atoms with van der Waals surface area (Å²) in [5.41, 5.74) is 0.778. The second kappa shape index (κ2) is 4.29. The van der Waals surface area contributed by atoms with E-state index in [-0.39, 0.29) is 6.10 Å². The van der Waals surface area contributed by atoms with Gasteiger partial charge in [0.05, 0.1) is 6.10 Å². The van der Waals surface area contributed by atoms with Crippen LogP contribution in [0.15, 0.2) is 16.8 Å². The highest BCUT2D eigenvalue weighted by Crippen LogP contribution is 2.29. The number of nitrogens with zero attached hydrogens (tertiary/aromatic N) is 3. The molecule has 0 amide bonds. The first-order valence-corrected chi connectivity index (χ1v) is 5.78. The molecule has 0 radical (unpaired) electrons. The van der Waals surface area contributed by atoms with Crippen molar-refractivity contribution in [1.82, 2.24) is 20.3 Å². The highest BCUT2D eigenvalue weighted by Gasteiger charge is 2.26. The largest absolute Gasteiger partial charge is 0.378 e. The molecule has 0 saturated carbocycles. The lowest BCUT2D eigenvalue weighted by molar-refractivity contribution is 0.0134. The minimum absolute atomic E-state index is 0.260. The predicted molar refractivity (Wildman–Crippen MR) is 59.3 cm³/mol. The van der Waals surface area contributed by atoms with E-state index >= 15 is 0 Å². The topological polar surface area (TPSA) is 76.8 Å². The van der Waals surface area contributed by atoms with Crippen LogP contribution >= 0.6 is 0 Å². The van der Waals surface area contributed by atoms with Gasteiger partial charge in [-0.25, -0.2) is 0 Å². The molecule has 0 aromatic carbocycles. The molecule has 6 nitrogen and oxygen atoms in total. The maximum Gasteiger partial charge on any atom is 0.230 e. The number of H-pyrrole nitrogens is 1. The van der Waals surface area contributed by atoms with Crippen molar-refractivity contribution in [2.24, 2.45) is 0 Å². The molecule has 17 heavy (non-hydrogen) atoms. The van der Waals surface area contributed by atoms with Gasteiger partial charge in [0.1, 0.15) is 5.69 Å². The summed E-state index contributed by atoms with van der Waals surface area (Å²) in [6.45, 7) is 2.83. The fourth-order valence-electron chi connectivity index (χ4n) is 2.11. The van der Waals surface area contributed by atoms with Crippen LogP contribution in [0.3, 0.4) is 0 Å². The fourth-order valence-corrected chi connectivity index (χ4v) is 2.11. The Morgan fingerprint density at radius 1 is 1.47 bits per heavy atom. The Kier molecular flexibility index (Phi) is 2.64. The number of rotatable bonds is 2. The van der Waals surface area contributed by atoms with Crippen molar-refractivity contribution in [2.75, 3.05) is 6.61 Å². The van der Waals surface area contributed by atoms with Crippen LogP contribution in [0.2, 0.25) is 0 Å². The van der Waals surface area contributed by atoms with E-state index in [0.717, 1.165) is 25.1 Å². The zero-order valence-corrected chi connectivity index (χ0v) is 9.59. The summed E-state index contributed by atoms with van der Waals surface area (Å²) in [5.74, 6) is 1.57. The van der Waals surface area contributed by atoms with Crippen molar-refractivity contribution in [3.8, 4) is 11.5 Å². The average molecular weight is 234 g/mol. The predicted octanol–water partition coefficient (Wildman–Crippen LogP) is 1.74. The van der Waals surface area contributed by atoms with Gasteiger partial charge >= 0.3 is 0 Å². The Hall–Kier alpha value is -1.69. The summed E-state index contributed by atoms with van der Waals surface area (Å²) in [6, 6.07) is 1.82. The Morgan fingerprint density at radius 3 is 3.18 bits per heavy atom. The fraction of sp³-hybridized carbons (Fsp3) is 0.545. The Labute approximate surface area is 98.4 Å². The Bertz CT molecular complexity index is 479. The van der Waals surface area contributed by atoms with Crippen LogP contribution in [-0.2, 0) is 4.74 Å². The molecule has 1 aliphatic rings. The van der Waals surface area contributed by atoms with Gasteiger partial charge in [-0.3, -0.25) is 5.10 Å². The molecule has 0 spiro atoms. The summed E-state index contributed by atoms with van der Waals surface area (Å²) in [4.78, 5) is 4.41. The highest BCUT2D eigenvalue weighted by atomic mass is 16.5. The van der Waals surface area contributed by atoms with E-state index in [1.54, 1.807) is 6.20 Å². The first-order chi connectivity index (χ1) is 8.33. The molecule has 1 saturated heterocycles. The molecular formula is C11H14N4O2. The van der Waals surface area contributed by atoms with E-state index in [4.69, 9.17) is 9.26 Å². The molecule has 1 fully saturated rings. The quantitative estimate of drug-likeness (QED) is 0.856. The van der Waals surface area contributed by atoms with Gasteiger partial charge in [-0.2, -0.15) is 10.1 Å². The average Bonchev–Trinajstić information content (AvgIpc) is 3.00. The molecular weight excluding hydrogens is 220 g/mol. The molecule has 1 aliphatic heterocycles. The zero-order chi connectivity index (χ0) is 11.7. The molecule has 1 N–H and O–H groups in total. The van der Waals surface area contributed by atoms with Crippen LogP contribution in [-0.4, -0.2) is 33.0 Å². The summed E-state index contributed by atoms with van der Waals surface area (Å²) in [5, 5.41) is 10.6. The number of ether oxygens (including phenoxy) is 1. The van der Waals surface area contributed by atoms with Crippen LogP contribution in [0, 0.1) is 0 Å². The smallest absolute Gasteiger partial charge is 0.230 e. The lowest BCUT2D eigenvalue weighted by Gasteiger charge is -2.24. The number of hydrogen-bond donors (Lipinski definition) is 1. The van der Waals surface area contributed by atoms with E-state index in [0.29, 0.717) is 17.6 Å². The molecule has 2 atom stereocenters. The third-order valence-corrected chi connectivity index (χ3v) is 3.02. The molecule has 2 aromatic heterocycles. The third kappa shape index (κ3) is 2.08. The van der Waals surface area contributed by atoms with Crippen LogP contribution in [0.4, 0.5) is 0 Å². The normalized spacial score (nSPS) is 25.0. The lowest BCUT2D eigenvalue weighted by Crippen LogP contribution is -2.21. The third-order valence-electron chi connectivity index (χ3n) is 3.02. The molecule has 90 valence electrons. The van der Waals surface area contributed by atoms with Gasteiger partial charge in [0.15, 0.2) is 0 Å². The summed E-state index contributed by atoms with van der Waals surface area (Å²) < 4.78 is 10.8. The van der Waals surface area contributed by atoms with Gasteiger partial charge < -0.3 is 9.26 Å². The number of hydrogen-bond acceptors (Lipinski definition) is 5. The molecule has 2 aromatic rings. The minimum atomic E-state index is 0.260. The van der Waals surface area contributed by atoms with Crippen LogP contribution in [0.1, 0.15) is 31.6 Å². The van der Waals surface area contributed by atoms with Crippen molar-refractivity contribution in [2.45, 2.75) is 31.8 Å². The molecule has 0 aliphatic carbocycles. The van der Waals surface area contributed by atoms with Crippen molar-refractivity contribution in [3.63, 3.8) is 0 Å². The monoisotopic (exact) mass is 234 g/mol. The summed E-state index contributed by atoms with van der Waals surface area (Å²) in [6.07, 6.45) is 3.80. The second-order valence-corrected chi connectivity index (χ2v) is 4.33.